The molecule has 0 fully saturated rings. The number of rotatable bonds is 9. The van der Waals surface area contributed by atoms with E-state index in [4.69, 9.17) is 9.47 Å². The van der Waals surface area contributed by atoms with Crippen molar-refractivity contribution >= 4 is 12.5 Å². The maximum atomic E-state index is 11.0. The zero-order valence-corrected chi connectivity index (χ0v) is 15.4. The van der Waals surface area contributed by atoms with E-state index in [2.05, 4.69) is 13.8 Å². The molecule has 0 radical (unpaired) electrons. The van der Waals surface area contributed by atoms with E-state index in [-0.39, 0.29) is 0 Å². The van der Waals surface area contributed by atoms with Gasteiger partial charge in [-0.15, -0.1) is 0 Å². The second-order valence-corrected chi connectivity index (χ2v) is 4.77. The van der Waals surface area contributed by atoms with Crippen LogP contribution in [0.15, 0.2) is 18.3 Å². The Labute approximate surface area is 141 Å². The van der Waals surface area contributed by atoms with Crippen molar-refractivity contribution in [2.75, 3.05) is 20.8 Å². The molecule has 4 nitrogen and oxygen atoms in total. The minimum Gasteiger partial charge on any atom is -0.493 e. The summed E-state index contributed by atoms with van der Waals surface area (Å²) in [6.45, 7) is 8.94. The first-order chi connectivity index (χ1) is 11.2. The zero-order valence-electron chi connectivity index (χ0n) is 15.4. The summed E-state index contributed by atoms with van der Waals surface area (Å²) < 4.78 is 10.7. The standard InChI is InChI=1S/C17H25NO3.C2H6/c1-5-7-9-18(13-19)10-8-15-12-17(21-4)16(20-3)11-14(15)6-2;1-2/h8,10-13H,5-7,9H2,1-4H3;1-2H3/b10-8-;. The number of hydrogen-bond donors (Lipinski definition) is 0. The maximum Gasteiger partial charge on any atom is 0.213 e. The zero-order chi connectivity index (χ0) is 17.7. The van der Waals surface area contributed by atoms with E-state index in [1.165, 1.54) is 0 Å². The van der Waals surface area contributed by atoms with E-state index in [0.717, 1.165) is 49.1 Å². The summed E-state index contributed by atoms with van der Waals surface area (Å²) in [6, 6.07) is 3.92. The van der Waals surface area contributed by atoms with Crippen LogP contribution in [0.25, 0.3) is 6.08 Å². The summed E-state index contributed by atoms with van der Waals surface area (Å²) in [4.78, 5) is 12.7. The number of unbranched alkanes of at least 4 members (excludes halogenated alkanes) is 1. The highest BCUT2D eigenvalue weighted by Gasteiger charge is 2.08. The Bertz CT molecular complexity index is 484. The van der Waals surface area contributed by atoms with Gasteiger partial charge in [0.1, 0.15) is 0 Å². The largest absolute Gasteiger partial charge is 0.493 e. The Hall–Kier alpha value is -1.97. The SMILES string of the molecule is CC.CCCCN(C=O)/C=C\c1cc(OC)c(OC)cc1CC. The molecule has 0 aliphatic carbocycles. The van der Waals surface area contributed by atoms with Crippen LogP contribution < -0.4 is 9.47 Å². The molecule has 0 saturated heterocycles. The summed E-state index contributed by atoms with van der Waals surface area (Å²) in [5, 5.41) is 0. The van der Waals surface area contributed by atoms with Crippen LogP contribution in [0, 0.1) is 0 Å². The molecule has 1 amide bonds. The molecule has 0 unspecified atom stereocenters. The van der Waals surface area contributed by atoms with Crippen molar-refractivity contribution in [2.45, 2.75) is 47.0 Å². The third-order valence-electron chi connectivity index (χ3n) is 3.38. The van der Waals surface area contributed by atoms with Gasteiger partial charge in [0.15, 0.2) is 11.5 Å². The maximum absolute atomic E-state index is 11.0. The van der Waals surface area contributed by atoms with Crippen LogP contribution in [0.2, 0.25) is 0 Å². The number of benzene rings is 1. The Balaban J connectivity index is 0.00000232. The molecule has 130 valence electrons. The van der Waals surface area contributed by atoms with Crippen LogP contribution in [-0.2, 0) is 11.2 Å². The summed E-state index contributed by atoms with van der Waals surface area (Å²) in [5.41, 5.74) is 2.20. The van der Waals surface area contributed by atoms with Gasteiger partial charge in [0, 0.05) is 12.7 Å². The van der Waals surface area contributed by atoms with Crippen molar-refractivity contribution in [1.29, 1.82) is 0 Å². The molecular formula is C19H31NO3. The number of methoxy groups -OCH3 is 2. The van der Waals surface area contributed by atoms with Crippen LogP contribution >= 0.6 is 0 Å². The van der Waals surface area contributed by atoms with Gasteiger partial charge < -0.3 is 14.4 Å². The lowest BCUT2D eigenvalue weighted by molar-refractivity contribution is -0.115. The molecule has 0 bridgehead atoms. The minimum atomic E-state index is 0.695. The number of ether oxygens (including phenoxy) is 2. The van der Waals surface area contributed by atoms with Gasteiger partial charge in [0.2, 0.25) is 6.41 Å². The number of aryl methyl sites for hydroxylation is 1. The van der Waals surface area contributed by atoms with Crippen molar-refractivity contribution in [3.05, 3.63) is 29.5 Å². The van der Waals surface area contributed by atoms with Gasteiger partial charge in [-0.25, -0.2) is 0 Å². The van der Waals surface area contributed by atoms with Crippen LogP contribution in [-0.4, -0.2) is 32.1 Å². The predicted octanol–water partition coefficient (Wildman–Crippen LogP) is 4.52. The minimum absolute atomic E-state index is 0.695. The normalized spacial score (nSPS) is 10.0. The molecule has 23 heavy (non-hydrogen) atoms. The smallest absolute Gasteiger partial charge is 0.213 e. The molecule has 1 rings (SSSR count). The molecule has 0 aromatic heterocycles. The van der Waals surface area contributed by atoms with E-state index in [0.29, 0.717) is 5.75 Å². The monoisotopic (exact) mass is 321 g/mol. The first-order valence-electron chi connectivity index (χ1n) is 8.34. The van der Waals surface area contributed by atoms with Crippen molar-refractivity contribution in [2.24, 2.45) is 0 Å². The molecular weight excluding hydrogens is 290 g/mol. The topological polar surface area (TPSA) is 38.8 Å². The first-order valence-corrected chi connectivity index (χ1v) is 8.34. The molecule has 0 saturated carbocycles. The molecule has 1 aromatic carbocycles. The Morgan fingerprint density at radius 3 is 2.17 bits per heavy atom. The summed E-state index contributed by atoms with van der Waals surface area (Å²) >= 11 is 0. The van der Waals surface area contributed by atoms with Crippen molar-refractivity contribution < 1.29 is 14.3 Å². The Kier molecular flexibility index (Phi) is 11.5. The molecule has 0 N–H and O–H groups in total. The third kappa shape index (κ3) is 6.76. The van der Waals surface area contributed by atoms with E-state index in [1.807, 2.05) is 38.3 Å². The average Bonchev–Trinajstić information content (AvgIpc) is 2.62. The number of amides is 1. The van der Waals surface area contributed by atoms with Crippen LogP contribution in [0.3, 0.4) is 0 Å². The third-order valence-corrected chi connectivity index (χ3v) is 3.38. The van der Waals surface area contributed by atoms with Crippen molar-refractivity contribution in [1.82, 2.24) is 4.90 Å². The lowest BCUT2D eigenvalue weighted by atomic mass is 10.0. The fourth-order valence-corrected chi connectivity index (χ4v) is 2.08. The van der Waals surface area contributed by atoms with E-state index in [9.17, 15) is 4.79 Å². The van der Waals surface area contributed by atoms with Gasteiger partial charge in [-0.1, -0.05) is 34.1 Å². The lowest BCUT2D eigenvalue weighted by Crippen LogP contribution is -2.15. The fourth-order valence-electron chi connectivity index (χ4n) is 2.08. The van der Waals surface area contributed by atoms with Crippen molar-refractivity contribution in [3.8, 4) is 11.5 Å². The first kappa shape index (κ1) is 21.0. The number of nitrogens with zero attached hydrogens (tertiary/aromatic N) is 1. The number of carbonyl (C=O) groups is 1. The van der Waals surface area contributed by atoms with Crippen molar-refractivity contribution in [3.63, 3.8) is 0 Å². The Morgan fingerprint density at radius 2 is 1.70 bits per heavy atom. The highest BCUT2D eigenvalue weighted by Crippen LogP contribution is 2.31. The predicted molar refractivity (Wildman–Crippen MR) is 97.0 cm³/mol. The molecule has 0 spiro atoms. The molecule has 1 aromatic rings. The average molecular weight is 321 g/mol. The number of carbonyl (C=O) groups excluding carboxylic acids is 1. The van der Waals surface area contributed by atoms with E-state index < -0.39 is 0 Å². The summed E-state index contributed by atoms with van der Waals surface area (Å²) in [6.07, 6.45) is 7.58. The van der Waals surface area contributed by atoms with Gasteiger partial charge in [-0.2, -0.15) is 0 Å². The summed E-state index contributed by atoms with van der Waals surface area (Å²) in [7, 11) is 3.25. The lowest BCUT2D eigenvalue weighted by Gasteiger charge is -2.14. The second kappa shape index (κ2) is 12.6. The van der Waals surface area contributed by atoms with Gasteiger partial charge in [0.25, 0.3) is 0 Å². The Morgan fingerprint density at radius 1 is 1.09 bits per heavy atom. The van der Waals surface area contributed by atoms with Gasteiger partial charge in [-0.3, -0.25) is 4.79 Å². The fraction of sp³-hybridized carbons (Fsp3) is 0.526. The molecule has 0 aliphatic heterocycles. The molecule has 0 atom stereocenters. The highest BCUT2D eigenvalue weighted by molar-refractivity contribution is 5.62. The van der Waals surface area contributed by atoms with Gasteiger partial charge in [-0.05, 0) is 42.2 Å². The van der Waals surface area contributed by atoms with Gasteiger partial charge in [0.05, 0.1) is 14.2 Å². The van der Waals surface area contributed by atoms with Gasteiger partial charge >= 0.3 is 0 Å². The second-order valence-electron chi connectivity index (χ2n) is 4.77. The van der Waals surface area contributed by atoms with E-state index >= 15 is 0 Å². The molecule has 0 heterocycles. The van der Waals surface area contributed by atoms with Crippen LogP contribution in [0.1, 0.15) is 51.7 Å². The molecule has 0 aliphatic rings. The van der Waals surface area contributed by atoms with Crippen LogP contribution in [0.5, 0.6) is 11.5 Å². The summed E-state index contributed by atoms with van der Waals surface area (Å²) in [5.74, 6) is 1.42. The van der Waals surface area contributed by atoms with Crippen LogP contribution in [0.4, 0.5) is 0 Å². The van der Waals surface area contributed by atoms with E-state index in [1.54, 1.807) is 19.1 Å². The quantitative estimate of drug-likeness (QED) is 0.628. The number of hydrogen-bond acceptors (Lipinski definition) is 3. The highest BCUT2D eigenvalue weighted by atomic mass is 16.5. The molecule has 4 heteroatoms.